The van der Waals surface area contributed by atoms with E-state index < -0.39 is 0 Å². The lowest BCUT2D eigenvalue weighted by atomic mass is 10.0. The minimum Gasteiger partial charge on any atom is -0.508 e. The van der Waals surface area contributed by atoms with Crippen LogP contribution in [0.2, 0.25) is 0 Å². The molecular weight excluding hydrogens is 438 g/mol. The van der Waals surface area contributed by atoms with Gasteiger partial charge in [-0.25, -0.2) is 0 Å². The fourth-order valence-electron chi connectivity index (χ4n) is 4.68. The van der Waals surface area contributed by atoms with Crippen LogP contribution in [-0.4, -0.2) is 15.3 Å². The van der Waals surface area contributed by atoms with E-state index in [0.717, 1.165) is 44.9 Å². The number of aromatic hydroxyl groups is 3. The molecule has 0 aliphatic carbocycles. The molecule has 0 amide bonds. The minimum absolute atomic E-state index is 0.217. The molecule has 0 saturated carbocycles. The summed E-state index contributed by atoms with van der Waals surface area (Å²) in [5.74, 6) is 1.88. The van der Waals surface area contributed by atoms with Gasteiger partial charge < -0.3 is 25.0 Å². The molecule has 4 aromatic rings. The fourth-order valence-corrected chi connectivity index (χ4v) is 4.68. The van der Waals surface area contributed by atoms with Gasteiger partial charge in [0.15, 0.2) is 0 Å². The molecular formula is C30H31NO4. The van der Waals surface area contributed by atoms with Crippen molar-refractivity contribution in [1.29, 1.82) is 0 Å². The number of benzene rings is 4. The highest BCUT2D eigenvalue weighted by Crippen LogP contribution is 2.45. The molecule has 5 heteroatoms. The van der Waals surface area contributed by atoms with Gasteiger partial charge in [0.05, 0.1) is 11.4 Å². The first kappa shape index (κ1) is 24.0. The van der Waals surface area contributed by atoms with Gasteiger partial charge in [-0.15, -0.1) is 0 Å². The van der Waals surface area contributed by atoms with Crippen LogP contribution in [0.4, 0.5) is 17.1 Å². The maximum atomic E-state index is 10.3. The summed E-state index contributed by atoms with van der Waals surface area (Å²) in [7, 11) is 0. The maximum absolute atomic E-state index is 10.3. The lowest BCUT2D eigenvalue weighted by Gasteiger charge is -2.31. The third-order valence-electron chi connectivity index (χ3n) is 6.29. The smallest absolute Gasteiger partial charge is 0.134 e. The minimum atomic E-state index is 0.217. The summed E-state index contributed by atoms with van der Waals surface area (Å²) in [6.07, 6.45) is 0. The summed E-state index contributed by atoms with van der Waals surface area (Å²) >= 11 is 0. The van der Waals surface area contributed by atoms with Crippen LogP contribution in [0.1, 0.15) is 33.4 Å². The van der Waals surface area contributed by atoms with Crippen molar-refractivity contribution in [3.05, 3.63) is 94.0 Å². The largest absolute Gasteiger partial charge is 0.508 e. The molecule has 0 aliphatic heterocycles. The van der Waals surface area contributed by atoms with E-state index in [4.69, 9.17) is 4.74 Å². The van der Waals surface area contributed by atoms with Crippen molar-refractivity contribution in [2.24, 2.45) is 0 Å². The van der Waals surface area contributed by atoms with Crippen molar-refractivity contribution in [2.75, 3.05) is 4.90 Å². The van der Waals surface area contributed by atoms with Crippen molar-refractivity contribution in [3.63, 3.8) is 0 Å². The van der Waals surface area contributed by atoms with Crippen molar-refractivity contribution in [3.8, 4) is 28.7 Å². The summed E-state index contributed by atoms with van der Waals surface area (Å²) in [5, 5.41) is 30.7. The van der Waals surface area contributed by atoms with Gasteiger partial charge in [0.1, 0.15) is 28.7 Å². The van der Waals surface area contributed by atoms with Gasteiger partial charge in [0.25, 0.3) is 0 Å². The average molecular weight is 470 g/mol. The van der Waals surface area contributed by atoms with Crippen molar-refractivity contribution in [1.82, 2.24) is 0 Å². The molecule has 0 spiro atoms. The number of ether oxygens (including phenoxy) is 1. The number of anilines is 3. The third-order valence-corrected chi connectivity index (χ3v) is 6.29. The van der Waals surface area contributed by atoms with Crippen molar-refractivity contribution < 1.29 is 20.1 Å². The molecule has 5 nitrogen and oxygen atoms in total. The van der Waals surface area contributed by atoms with Crippen LogP contribution in [0.15, 0.2) is 60.7 Å². The van der Waals surface area contributed by atoms with Crippen LogP contribution < -0.4 is 9.64 Å². The molecule has 0 atom stereocenters. The molecule has 0 aromatic heterocycles. The van der Waals surface area contributed by atoms with E-state index in [1.54, 1.807) is 24.3 Å². The Hall–Kier alpha value is -4.12. The number of hydrogen-bond donors (Lipinski definition) is 3. The molecule has 0 saturated heterocycles. The van der Waals surface area contributed by atoms with Gasteiger partial charge in [-0.3, -0.25) is 0 Å². The second kappa shape index (κ2) is 9.26. The highest BCUT2D eigenvalue weighted by molar-refractivity contribution is 5.84. The van der Waals surface area contributed by atoms with Gasteiger partial charge in [-0.1, -0.05) is 12.1 Å². The third kappa shape index (κ3) is 4.62. The monoisotopic (exact) mass is 469 g/mol. The fraction of sp³-hybridized carbons (Fsp3) is 0.200. The predicted molar refractivity (Wildman–Crippen MR) is 141 cm³/mol. The summed E-state index contributed by atoms with van der Waals surface area (Å²) in [6.45, 7) is 11.6. The normalized spacial score (nSPS) is 10.9. The Morgan fingerprint density at radius 3 is 1.63 bits per heavy atom. The lowest BCUT2D eigenvalue weighted by molar-refractivity contribution is 0.445. The summed E-state index contributed by atoms with van der Waals surface area (Å²) < 4.78 is 6.20. The molecule has 4 aromatic carbocycles. The average Bonchev–Trinajstić information content (AvgIpc) is 2.77. The molecule has 0 radical (unpaired) electrons. The Morgan fingerprint density at radius 1 is 0.600 bits per heavy atom. The Labute approximate surface area is 206 Å². The zero-order valence-electron chi connectivity index (χ0n) is 21.0. The van der Waals surface area contributed by atoms with Crippen LogP contribution in [-0.2, 0) is 0 Å². The number of phenols is 3. The van der Waals surface area contributed by atoms with Gasteiger partial charge in [-0.05, 0) is 112 Å². The van der Waals surface area contributed by atoms with Crippen molar-refractivity contribution >= 4 is 17.1 Å². The predicted octanol–water partition coefficient (Wildman–Crippen LogP) is 7.92. The summed E-state index contributed by atoms with van der Waals surface area (Å²) in [4.78, 5) is 2.14. The Morgan fingerprint density at radius 2 is 1.11 bits per heavy atom. The van der Waals surface area contributed by atoms with Gasteiger partial charge >= 0.3 is 0 Å². The van der Waals surface area contributed by atoms with Crippen LogP contribution in [0, 0.1) is 41.5 Å². The van der Waals surface area contributed by atoms with Gasteiger partial charge in [0.2, 0.25) is 0 Å². The second-order valence-electron chi connectivity index (χ2n) is 9.15. The standard InChI is InChI=1S/C30H31NO4/c1-17-10-11-27(22(6)30(17)34)35-26-9-7-8-23(16-26)31(28-18(2)12-24(32)13-19(28)3)29-20(4)14-25(33)15-21(29)5/h7-16,32-34H,1-6H3. The van der Waals surface area contributed by atoms with Crippen LogP contribution in [0.5, 0.6) is 28.7 Å². The first-order chi connectivity index (χ1) is 16.6. The molecule has 0 fully saturated rings. The van der Waals surface area contributed by atoms with E-state index >= 15 is 0 Å². The molecule has 0 unspecified atom stereocenters. The van der Waals surface area contributed by atoms with E-state index in [1.165, 1.54) is 0 Å². The molecule has 180 valence electrons. The van der Waals surface area contributed by atoms with E-state index in [1.807, 2.05) is 77.9 Å². The first-order valence-corrected chi connectivity index (χ1v) is 11.5. The number of nitrogens with zero attached hydrogens (tertiary/aromatic N) is 1. The maximum Gasteiger partial charge on any atom is 0.134 e. The highest BCUT2D eigenvalue weighted by Gasteiger charge is 2.22. The number of phenolic OH excluding ortho intramolecular Hbond substituents is 3. The molecule has 35 heavy (non-hydrogen) atoms. The van der Waals surface area contributed by atoms with E-state index in [-0.39, 0.29) is 17.2 Å². The number of rotatable bonds is 5. The first-order valence-electron chi connectivity index (χ1n) is 11.5. The zero-order valence-corrected chi connectivity index (χ0v) is 21.0. The molecule has 0 aliphatic rings. The van der Waals surface area contributed by atoms with Gasteiger partial charge in [0, 0.05) is 17.3 Å². The summed E-state index contributed by atoms with van der Waals surface area (Å²) in [5.41, 5.74) is 7.90. The SMILES string of the molecule is Cc1ccc(Oc2cccc(N(c3c(C)cc(O)cc3C)c3c(C)cc(O)cc3C)c2)c(C)c1O. The quantitative estimate of drug-likeness (QED) is 0.277. The molecule has 3 N–H and O–H groups in total. The van der Waals surface area contributed by atoms with Crippen LogP contribution in [0.25, 0.3) is 0 Å². The highest BCUT2D eigenvalue weighted by atomic mass is 16.5. The van der Waals surface area contributed by atoms with Gasteiger partial charge in [-0.2, -0.15) is 0 Å². The van der Waals surface area contributed by atoms with Crippen LogP contribution >= 0.6 is 0 Å². The Bertz CT molecular complexity index is 1320. The van der Waals surface area contributed by atoms with Crippen molar-refractivity contribution in [2.45, 2.75) is 41.5 Å². The molecule has 0 bridgehead atoms. The van der Waals surface area contributed by atoms with E-state index in [2.05, 4.69) is 4.90 Å². The molecule has 4 rings (SSSR count). The topological polar surface area (TPSA) is 73.2 Å². The number of hydrogen-bond acceptors (Lipinski definition) is 5. The Balaban J connectivity index is 1.90. The zero-order chi connectivity index (χ0) is 25.4. The summed E-state index contributed by atoms with van der Waals surface area (Å²) in [6, 6.07) is 18.5. The van der Waals surface area contributed by atoms with E-state index in [0.29, 0.717) is 17.1 Å². The van der Waals surface area contributed by atoms with Crippen LogP contribution in [0.3, 0.4) is 0 Å². The number of aryl methyl sites for hydroxylation is 5. The van der Waals surface area contributed by atoms with E-state index in [9.17, 15) is 15.3 Å². The lowest BCUT2D eigenvalue weighted by Crippen LogP contribution is -2.15. The second-order valence-corrected chi connectivity index (χ2v) is 9.15. The molecule has 0 heterocycles. The Kier molecular flexibility index (Phi) is 6.35.